The molecular formula is C32H33FN4O7S. The summed E-state index contributed by atoms with van der Waals surface area (Å²) in [7, 11) is 1.57. The molecule has 1 saturated carbocycles. The van der Waals surface area contributed by atoms with Crippen LogP contribution in [0.5, 0.6) is 11.5 Å². The summed E-state index contributed by atoms with van der Waals surface area (Å²) in [5.74, 6) is -2.26. The van der Waals surface area contributed by atoms with Crippen LogP contribution in [-0.4, -0.2) is 63.8 Å². The minimum atomic E-state index is -1.44. The number of aliphatic carboxylic acids is 1. The number of ether oxygens (including phenoxy) is 3. The van der Waals surface area contributed by atoms with Gasteiger partial charge in [-0.15, -0.1) is 11.3 Å². The van der Waals surface area contributed by atoms with Gasteiger partial charge in [-0.3, -0.25) is 19.6 Å². The number of carbonyl (C=O) groups is 3. The summed E-state index contributed by atoms with van der Waals surface area (Å²) >= 11 is 1.38. The first-order valence-electron chi connectivity index (χ1n) is 14.2. The van der Waals surface area contributed by atoms with E-state index in [1.54, 1.807) is 30.5 Å². The van der Waals surface area contributed by atoms with E-state index in [9.17, 15) is 19.5 Å². The molecule has 0 unspecified atom stereocenters. The molecule has 45 heavy (non-hydrogen) atoms. The number of nitrogens with zero attached hydrogens (tertiary/aromatic N) is 3. The van der Waals surface area contributed by atoms with Crippen molar-refractivity contribution in [1.29, 1.82) is 0 Å². The fourth-order valence-corrected chi connectivity index (χ4v) is 5.50. The van der Waals surface area contributed by atoms with Gasteiger partial charge in [0, 0.05) is 43.9 Å². The Morgan fingerprint density at radius 3 is 2.49 bits per heavy atom. The summed E-state index contributed by atoms with van der Waals surface area (Å²) in [4.78, 5) is 47.9. The molecular weight excluding hydrogens is 603 g/mol. The van der Waals surface area contributed by atoms with E-state index in [1.807, 2.05) is 39.0 Å². The fraction of sp³-hybridized carbons (Fsp3) is 0.344. The zero-order valence-electron chi connectivity index (χ0n) is 25.3. The minimum absolute atomic E-state index is 0.0692. The minimum Gasteiger partial charge on any atom is -0.480 e. The summed E-state index contributed by atoms with van der Waals surface area (Å²) in [5.41, 5.74) is 0.215. The van der Waals surface area contributed by atoms with Gasteiger partial charge < -0.3 is 29.5 Å². The van der Waals surface area contributed by atoms with Crippen molar-refractivity contribution in [3.63, 3.8) is 0 Å². The van der Waals surface area contributed by atoms with Gasteiger partial charge in [0.2, 0.25) is 5.91 Å². The number of hydrogen-bond acceptors (Lipinski definition) is 9. The Kier molecular flexibility index (Phi) is 9.03. The number of thiophene rings is 1. The smallest absolute Gasteiger partial charge is 0.410 e. The Morgan fingerprint density at radius 1 is 1.09 bits per heavy atom. The van der Waals surface area contributed by atoms with Gasteiger partial charge in [-0.25, -0.2) is 9.18 Å². The predicted octanol–water partition coefficient (Wildman–Crippen LogP) is 6.48. The fourth-order valence-electron chi connectivity index (χ4n) is 4.46. The molecule has 0 aliphatic heterocycles. The number of pyridine rings is 2. The summed E-state index contributed by atoms with van der Waals surface area (Å²) in [6.07, 6.45) is 3.32. The number of fused-ring (bicyclic) bond motifs is 1. The first-order chi connectivity index (χ1) is 21.4. The van der Waals surface area contributed by atoms with Crippen LogP contribution < -0.4 is 10.1 Å². The Morgan fingerprint density at radius 2 is 1.87 bits per heavy atom. The molecule has 1 aromatic carbocycles. The van der Waals surface area contributed by atoms with E-state index in [0.717, 1.165) is 16.5 Å². The van der Waals surface area contributed by atoms with E-state index in [0.29, 0.717) is 41.4 Å². The van der Waals surface area contributed by atoms with Crippen LogP contribution in [0.3, 0.4) is 0 Å². The molecule has 0 bridgehead atoms. The molecule has 1 fully saturated rings. The SMILES string of the molecule is COCCN(Cc1ccc(-c2cc3nccc(Oc4ccc(NC(=O)C5(C(=O)O)CC5)cc4F)c3s2)nc1)C(=O)OC(C)(C)C. The van der Waals surface area contributed by atoms with Crippen molar-refractivity contribution in [3.05, 3.63) is 66.2 Å². The molecule has 3 heterocycles. The monoisotopic (exact) mass is 636 g/mol. The summed E-state index contributed by atoms with van der Waals surface area (Å²) in [5, 5.41) is 11.8. The number of methoxy groups -OCH3 is 1. The van der Waals surface area contributed by atoms with E-state index >= 15 is 4.39 Å². The van der Waals surface area contributed by atoms with Gasteiger partial charge >= 0.3 is 12.1 Å². The molecule has 2 N–H and O–H groups in total. The number of hydrogen-bond donors (Lipinski definition) is 2. The van der Waals surface area contributed by atoms with Crippen molar-refractivity contribution >= 4 is 45.2 Å². The maximum atomic E-state index is 15.0. The summed E-state index contributed by atoms with van der Waals surface area (Å²) in [6, 6.07) is 11.2. The molecule has 1 aliphatic rings. The van der Waals surface area contributed by atoms with Crippen LogP contribution in [0.15, 0.2) is 54.9 Å². The maximum Gasteiger partial charge on any atom is 0.410 e. The topological polar surface area (TPSA) is 140 Å². The van der Waals surface area contributed by atoms with Gasteiger partial charge in [0.25, 0.3) is 0 Å². The normalized spacial score (nSPS) is 13.7. The van der Waals surface area contributed by atoms with Crippen LogP contribution in [-0.2, 0) is 25.6 Å². The van der Waals surface area contributed by atoms with Crippen molar-refractivity contribution in [2.75, 3.05) is 25.6 Å². The third kappa shape index (κ3) is 7.37. The second-order valence-corrected chi connectivity index (χ2v) is 12.7. The number of aromatic nitrogens is 2. The molecule has 3 aromatic heterocycles. The van der Waals surface area contributed by atoms with Gasteiger partial charge in [-0.1, -0.05) is 6.07 Å². The van der Waals surface area contributed by atoms with Crippen molar-refractivity contribution in [2.45, 2.75) is 45.8 Å². The highest BCUT2D eigenvalue weighted by Crippen LogP contribution is 2.47. The van der Waals surface area contributed by atoms with Gasteiger partial charge in [0.1, 0.15) is 16.8 Å². The second kappa shape index (κ2) is 12.8. The Hall–Kier alpha value is -4.62. The van der Waals surface area contributed by atoms with Gasteiger partial charge in [0.15, 0.2) is 11.6 Å². The number of carboxylic acids is 1. The number of rotatable bonds is 11. The highest BCUT2D eigenvalue weighted by Gasteiger charge is 2.57. The zero-order chi connectivity index (χ0) is 32.4. The highest BCUT2D eigenvalue weighted by molar-refractivity contribution is 7.22. The average Bonchev–Trinajstić information content (AvgIpc) is 3.69. The van der Waals surface area contributed by atoms with E-state index in [-0.39, 0.29) is 24.3 Å². The molecule has 0 saturated heterocycles. The molecule has 4 aromatic rings. The van der Waals surface area contributed by atoms with Crippen LogP contribution in [0.4, 0.5) is 14.9 Å². The van der Waals surface area contributed by atoms with E-state index in [4.69, 9.17) is 14.2 Å². The average molecular weight is 637 g/mol. The Balaban J connectivity index is 1.30. The molecule has 236 valence electrons. The van der Waals surface area contributed by atoms with E-state index in [2.05, 4.69) is 15.3 Å². The lowest BCUT2D eigenvalue weighted by Crippen LogP contribution is -2.38. The molecule has 1 aliphatic carbocycles. The maximum absolute atomic E-state index is 15.0. The van der Waals surface area contributed by atoms with Crippen LogP contribution >= 0.6 is 11.3 Å². The van der Waals surface area contributed by atoms with E-state index < -0.39 is 34.8 Å². The quantitative estimate of drug-likeness (QED) is 0.177. The Labute approximate surface area is 263 Å². The van der Waals surface area contributed by atoms with Crippen molar-refractivity contribution in [3.8, 4) is 22.1 Å². The van der Waals surface area contributed by atoms with Crippen molar-refractivity contribution in [2.24, 2.45) is 5.41 Å². The van der Waals surface area contributed by atoms with Crippen LogP contribution in [0.1, 0.15) is 39.2 Å². The lowest BCUT2D eigenvalue weighted by Gasteiger charge is -2.27. The standard InChI is InChI=1S/C32H33FN4O7S/c1-31(2,3)44-30(41)37(13-14-42-4)18-19-5-7-22(35-17-19)26-16-23-27(45-26)25(9-12-34-23)43-24-8-6-20(15-21(24)33)36-28(38)32(10-11-32)29(39)40/h5-9,12,15-17H,10-11,13-14,18H2,1-4H3,(H,36,38)(H,39,40). The van der Waals surface area contributed by atoms with Gasteiger partial charge in [-0.2, -0.15) is 0 Å². The molecule has 5 rings (SSSR count). The van der Waals surface area contributed by atoms with Gasteiger partial charge in [-0.05, 0) is 63.4 Å². The van der Waals surface area contributed by atoms with Crippen molar-refractivity contribution < 1.29 is 38.1 Å². The first kappa shape index (κ1) is 31.8. The number of benzene rings is 1. The number of carbonyl (C=O) groups excluding carboxylic acids is 2. The zero-order valence-corrected chi connectivity index (χ0v) is 26.1. The third-order valence-electron chi connectivity index (χ3n) is 7.05. The van der Waals surface area contributed by atoms with Crippen LogP contribution in [0.25, 0.3) is 20.8 Å². The molecule has 2 amide bonds. The number of anilines is 1. The lowest BCUT2D eigenvalue weighted by molar-refractivity contribution is -0.147. The second-order valence-electron chi connectivity index (χ2n) is 11.7. The lowest BCUT2D eigenvalue weighted by atomic mass is 10.1. The largest absolute Gasteiger partial charge is 0.480 e. The third-order valence-corrected chi connectivity index (χ3v) is 8.21. The molecule has 13 heteroatoms. The van der Waals surface area contributed by atoms with Crippen LogP contribution in [0, 0.1) is 11.2 Å². The van der Waals surface area contributed by atoms with E-state index in [1.165, 1.54) is 23.5 Å². The molecule has 0 spiro atoms. The number of nitrogens with one attached hydrogen (secondary N) is 1. The van der Waals surface area contributed by atoms with Crippen molar-refractivity contribution in [1.82, 2.24) is 14.9 Å². The number of halogens is 1. The summed E-state index contributed by atoms with van der Waals surface area (Å²) < 4.78 is 32.3. The molecule has 0 radical (unpaired) electrons. The predicted molar refractivity (Wildman–Crippen MR) is 166 cm³/mol. The first-order valence-corrected chi connectivity index (χ1v) is 15.0. The number of carboxylic acid groups (broad SMARTS) is 1. The molecule has 0 atom stereocenters. The van der Waals surface area contributed by atoms with Crippen LogP contribution in [0.2, 0.25) is 0 Å². The Bertz CT molecular complexity index is 1730. The highest BCUT2D eigenvalue weighted by atomic mass is 32.1. The number of amides is 2. The molecule has 11 nitrogen and oxygen atoms in total. The summed E-state index contributed by atoms with van der Waals surface area (Å²) in [6.45, 7) is 6.47. The van der Waals surface area contributed by atoms with Gasteiger partial charge in [0.05, 0.1) is 33.9 Å².